The number of hydrogen-bond acceptors (Lipinski definition) is 8. The van der Waals surface area contributed by atoms with Gasteiger partial charge in [-0.25, -0.2) is 4.68 Å². The quantitative estimate of drug-likeness (QED) is 0.291. The lowest BCUT2D eigenvalue weighted by Crippen LogP contribution is -2.43. The number of rotatable bonds is 9. The molecule has 3 aromatic carbocycles. The van der Waals surface area contributed by atoms with E-state index in [1.165, 1.54) is 11.8 Å². The van der Waals surface area contributed by atoms with Crippen LogP contribution in [0.5, 0.6) is 17.2 Å². The minimum Gasteiger partial charge on any atom is -0.497 e. The van der Waals surface area contributed by atoms with Crippen molar-refractivity contribution in [3.63, 3.8) is 0 Å². The van der Waals surface area contributed by atoms with Gasteiger partial charge in [-0.05, 0) is 42.0 Å². The van der Waals surface area contributed by atoms with Crippen molar-refractivity contribution in [2.24, 2.45) is 0 Å². The first-order chi connectivity index (χ1) is 20.6. The molecule has 2 aliphatic heterocycles. The second-order valence-electron chi connectivity index (χ2n) is 9.69. The zero-order valence-corrected chi connectivity index (χ0v) is 24.1. The van der Waals surface area contributed by atoms with Gasteiger partial charge in [0.05, 0.1) is 36.1 Å². The molecule has 0 bridgehead atoms. The largest absolute Gasteiger partial charge is 0.497 e. The first-order valence-corrected chi connectivity index (χ1v) is 14.5. The average Bonchev–Trinajstić information content (AvgIpc) is 3.62. The SMILES string of the molecule is COCCNC(=O)CN1C(=O)CS[C@H](c2ccc3c(c2)OCO3)c2c(-c3ccccc3)nn(-c3ccc(OC)cc3)c21. The van der Waals surface area contributed by atoms with Gasteiger partial charge in [0.1, 0.15) is 18.1 Å². The van der Waals surface area contributed by atoms with E-state index in [1.54, 1.807) is 23.8 Å². The number of amides is 2. The van der Waals surface area contributed by atoms with Crippen LogP contribution in [-0.4, -0.2) is 68.1 Å². The molecule has 0 unspecified atom stereocenters. The van der Waals surface area contributed by atoms with E-state index in [4.69, 9.17) is 24.0 Å². The summed E-state index contributed by atoms with van der Waals surface area (Å²) in [6.45, 7) is 0.706. The van der Waals surface area contributed by atoms with E-state index in [1.807, 2.05) is 72.8 Å². The Kier molecular flexibility index (Phi) is 8.02. The van der Waals surface area contributed by atoms with Crippen LogP contribution in [0, 0.1) is 0 Å². The van der Waals surface area contributed by atoms with Crippen molar-refractivity contribution in [1.29, 1.82) is 0 Å². The number of fused-ring (bicyclic) bond motifs is 2. The van der Waals surface area contributed by atoms with Crippen LogP contribution in [0.1, 0.15) is 16.4 Å². The zero-order chi connectivity index (χ0) is 29.1. The third kappa shape index (κ3) is 5.40. The van der Waals surface area contributed by atoms with Gasteiger partial charge in [0.15, 0.2) is 11.5 Å². The van der Waals surface area contributed by atoms with Crippen molar-refractivity contribution in [1.82, 2.24) is 15.1 Å². The molecular formula is C31H30N4O6S. The molecule has 0 saturated carbocycles. The highest BCUT2D eigenvalue weighted by Gasteiger charge is 2.38. The van der Waals surface area contributed by atoms with Crippen LogP contribution in [0.4, 0.5) is 5.82 Å². The van der Waals surface area contributed by atoms with E-state index in [2.05, 4.69) is 5.32 Å². The Morgan fingerprint density at radius 3 is 2.60 bits per heavy atom. The summed E-state index contributed by atoms with van der Waals surface area (Å²) < 4.78 is 23.5. The van der Waals surface area contributed by atoms with E-state index in [-0.39, 0.29) is 36.2 Å². The predicted octanol–water partition coefficient (Wildman–Crippen LogP) is 4.21. The van der Waals surface area contributed by atoms with Crippen LogP contribution in [-0.2, 0) is 14.3 Å². The monoisotopic (exact) mass is 586 g/mol. The molecule has 0 radical (unpaired) electrons. The standard InChI is InChI=1S/C31H30N4O6S/c1-38-15-14-32-26(36)17-34-27(37)18-42-30(21-8-13-24-25(16-21)41-19-40-24)28-29(20-6-4-3-5-7-20)33-35(31(28)34)22-9-11-23(39-2)12-10-22/h3-13,16,30H,14-15,17-19H2,1-2H3,(H,32,36)/t30-/m1/s1. The molecular weight excluding hydrogens is 556 g/mol. The van der Waals surface area contributed by atoms with Crippen LogP contribution in [0.15, 0.2) is 72.8 Å². The van der Waals surface area contributed by atoms with E-state index in [0.717, 1.165) is 28.1 Å². The number of ether oxygens (including phenoxy) is 4. The maximum atomic E-state index is 13.8. The zero-order valence-electron chi connectivity index (χ0n) is 23.2. The Morgan fingerprint density at radius 1 is 1.05 bits per heavy atom. The van der Waals surface area contributed by atoms with Crippen molar-refractivity contribution < 1.29 is 28.5 Å². The van der Waals surface area contributed by atoms with E-state index in [9.17, 15) is 9.59 Å². The summed E-state index contributed by atoms with van der Waals surface area (Å²) in [5, 5.41) is 7.66. The number of aromatic nitrogens is 2. The molecule has 0 aliphatic carbocycles. The molecule has 3 heterocycles. The lowest BCUT2D eigenvalue weighted by molar-refractivity contribution is -0.123. The van der Waals surface area contributed by atoms with Gasteiger partial charge in [0.2, 0.25) is 18.6 Å². The molecule has 0 spiro atoms. The molecule has 2 amide bonds. The maximum absolute atomic E-state index is 13.8. The molecule has 6 rings (SSSR count). The number of methoxy groups -OCH3 is 2. The van der Waals surface area contributed by atoms with Gasteiger partial charge in [-0.2, -0.15) is 5.10 Å². The number of nitrogens with zero attached hydrogens (tertiary/aromatic N) is 3. The minimum absolute atomic E-state index is 0.163. The smallest absolute Gasteiger partial charge is 0.240 e. The fourth-order valence-electron chi connectivity index (χ4n) is 5.06. The van der Waals surface area contributed by atoms with Gasteiger partial charge in [0, 0.05) is 24.8 Å². The van der Waals surface area contributed by atoms with Gasteiger partial charge >= 0.3 is 0 Å². The summed E-state index contributed by atoms with van der Waals surface area (Å²) >= 11 is 1.50. The van der Waals surface area contributed by atoms with Crippen molar-refractivity contribution in [3.8, 4) is 34.2 Å². The Hall–Kier alpha value is -4.48. The molecule has 1 atom stereocenters. The first kappa shape index (κ1) is 27.7. The van der Waals surface area contributed by atoms with Gasteiger partial charge in [-0.1, -0.05) is 36.4 Å². The third-order valence-corrected chi connectivity index (χ3v) is 8.34. The molecule has 0 fully saturated rings. The third-order valence-electron chi connectivity index (χ3n) is 7.08. The fourth-order valence-corrected chi connectivity index (χ4v) is 6.25. The van der Waals surface area contributed by atoms with E-state index in [0.29, 0.717) is 36.2 Å². The molecule has 0 saturated heterocycles. The second kappa shape index (κ2) is 12.2. The topological polar surface area (TPSA) is 104 Å². The highest BCUT2D eigenvalue weighted by atomic mass is 32.2. The number of carbonyl (C=O) groups excluding carboxylic acids is 2. The minimum atomic E-state index is -0.290. The van der Waals surface area contributed by atoms with Crippen LogP contribution in [0.25, 0.3) is 16.9 Å². The summed E-state index contributed by atoms with van der Waals surface area (Å²) in [7, 11) is 3.18. The maximum Gasteiger partial charge on any atom is 0.240 e. The Morgan fingerprint density at radius 2 is 1.83 bits per heavy atom. The molecule has 42 heavy (non-hydrogen) atoms. The van der Waals surface area contributed by atoms with Crippen LogP contribution >= 0.6 is 11.8 Å². The molecule has 2 aliphatic rings. The number of benzene rings is 3. The van der Waals surface area contributed by atoms with Crippen molar-refractivity contribution in [2.75, 3.05) is 51.4 Å². The summed E-state index contributed by atoms with van der Waals surface area (Å²) in [4.78, 5) is 28.5. The van der Waals surface area contributed by atoms with E-state index < -0.39 is 0 Å². The molecule has 1 aromatic heterocycles. The summed E-state index contributed by atoms with van der Waals surface area (Å²) in [5.41, 5.74) is 4.11. The number of hydrogen-bond donors (Lipinski definition) is 1. The molecule has 216 valence electrons. The Labute approximate surface area is 247 Å². The summed E-state index contributed by atoms with van der Waals surface area (Å²) in [6.07, 6.45) is 0. The van der Waals surface area contributed by atoms with Crippen LogP contribution in [0.3, 0.4) is 0 Å². The van der Waals surface area contributed by atoms with Crippen LogP contribution in [0.2, 0.25) is 0 Å². The number of nitrogens with one attached hydrogen (secondary N) is 1. The van der Waals surface area contributed by atoms with Gasteiger partial charge in [-0.15, -0.1) is 11.8 Å². The number of carbonyl (C=O) groups is 2. The average molecular weight is 587 g/mol. The number of anilines is 1. The van der Waals surface area contributed by atoms with Crippen molar-refractivity contribution >= 4 is 29.4 Å². The van der Waals surface area contributed by atoms with Crippen molar-refractivity contribution in [2.45, 2.75) is 5.25 Å². The normalized spacial score (nSPS) is 15.7. The highest BCUT2D eigenvalue weighted by molar-refractivity contribution is 8.00. The molecule has 1 N–H and O–H groups in total. The lowest BCUT2D eigenvalue weighted by atomic mass is 9.99. The molecule has 10 nitrogen and oxygen atoms in total. The first-order valence-electron chi connectivity index (χ1n) is 13.5. The summed E-state index contributed by atoms with van der Waals surface area (Å²) in [6, 6.07) is 23.2. The second-order valence-corrected chi connectivity index (χ2v) is 10.8. The summed E-state index contributed by atoms with van der Waals surface area (Å²) in [5.74, 6) is 2.25. The van der Waals surface area contributed by atoms with Gasteiger partial charge < -0.3 is 24.3 Å². The fraction of sp³-hybridized carbons (Fsp3) is 0.258. The Bertz CT molecular complexity index is 1590. The van der Waals surface area contributed by atoms with Crippen LogP contribution < -0.4 is 24.4 Å². The number of thioether (sulfide) groups is 1. The van der Waals surface area contributed by atoms with E-state index >= 15 is 0 Å². The Balaban J connectivity index is 1.56. The highest BCUT2D eigenvalue weighted by Crippen LogP contribution is 2.50. The van der Waals surface area contributed by atoms with Crippen molar-refractivity contribution in [3.05, 3.63) is 83.9 Å². The van der Waals surface area contributed by atoms with Gasteiger partial charge in [0.25, 0.3) is 0 Å². The molecule has 11 heteroatoms. The predicted molar refractivity (Wildman–Crippen MR) is 160 cm³/mol. The van der Waals surface area contributed by atoms with Gasteiger partial charge in [-0.3, -0.25) is 14.5 Å². The molecule has 4 aromatic rings. The lowest BCUT2D eigenvalue weighted by Gasteiger charge is -2.23.